The number of nitriles is 1. The molecule has 3 aromatic carbocycles. The maximum Gasteiger partial charge on any atom is 0.408 e. The third-order valence-corrected chi connectivity index (χ3v) is 7.63. The number of aliphatic hydroxyl groups is 1. The Bertz CT molecular complexity index is 1530. The van der Waals surface area contributed by atoms with E-state index in [9.17, 15) is 20.0 Å². The summed E-state index contributed by atoms with van der Waals surface area (Å²) in [5, 5.41) is 26.5. The number of benzene rings is 3. The molecule has 224 valence electrons. The molecule has 0 saturated carbocycles. The van der Waals surface area contributed by atoms with E-state index in [2.05, 4.69) is 21.7 Å². The number of carbonyl (C=O) groups excluding carboxylic acids is 2. The van der Waals surface area contributed by atoms with Gasteiger partial charge in [0.05, 0.1) is 17.7 Å². The van der Waals surface area contributed by atoms with Crippen molar-refractivity contribution in [2.75, 3.05) is 5.75 Å². The SMILES string of the molecule is CC(C)(C)OC(=O)NC(CSCc1ccccc1C#N)C(=O)NC(CCc1ccccc1)C(O)c1nc2ccccc2o1. The van der Waals surface area contributed by atoms with Gasteiger partial charge in [-0.25, -0.2) is 9.78 Å². The first-order chi connectivity index (χ1) is 20.6. The second-order valence-electron chi connectivity index (χ2n) is 11.1. The zero-order chi connectivity index (χ0) is 30.8. The number of nitrogens with zero attached hydrogens (tertiary/aromatic N) is 2. The molecule has 4 rings (SSSR count). The van der Waals surface area contributed by atoms with Crippen LogP contribution in [0, 0.1) is 11.3 Å². The van der Waals surface area contributed by atoms with Gasteiger partial charge >= 0.3 is 6.09 Å². The molecule has 3 N–H and O–H groups in total. The van der Waals surface area contributed by atoms with Crippen molar-refractivity contribution in [1.29, 1.82) is 5.26 Å². The number of aromatic nitrogens is 1. The van der Waals surface area contributed by atoms with Gasteiger partial charge in [-0.3, -0.25) is 4.79 Å². The van der Waals surface area contributed by atoms with Crippen LogP contribution in [0.4, 0.5) is 4.79 Å². The molecule has 0 saturated heterocycles. The first-order valence-corrected chi connectivity index (χ1v) is 15.2. The molecule has 0 bridgehead atoms. The maximum atomic E-state index is 13.7. The van der Waals surface area contributed by atoms with Crippen molar-refractivity contribution in [1.82, 2.24) is 15.6 Å². The van der Waals surface area contributed by atoms with Gasteiger partial charge in [0.15, 0.2) is 11.7 Å². The Labute approximate surface area is 255 Å². The molecule has 0 aliphatic rings. The summed E-state index contributed by atoms with van der Waals surface area (Å²) in [5.41, 5.74) is 2.80. The van der Waals surface area contributed by atoms with Gasteiger partial charge in [-0.2, -0.15) is 17.0 Å². The lowest BCUT2D eigenvalue weighted by Crippen LogP contribution is -2.53. The van der Waals surface area contributed by atoms with Gasteiger partial charge in [0.2, 0.25) is 11.8 Å². The number of fused-ring (bicyclic) bond motifs is 1. The lowest BCUT2D eigenvalue weighted by atomic mass is 10.0. The number of hydrogen-bond acceptors (Lipinski definition) is 8. The normalized spacial score (nSPS) is 13.5. The smallest absolute Gasteiger partial charge is 0.408 e. The number of oxazole rings is 1. The molecule has 4 aromatic rings. The van der Waals surface area contributed by atoms with Crippen LogP contribution in [0.5, 0.6) is 0 Å². The summed E-state index contributed by atoms with van der Waals surface area (Å²) in [6, 6.07) is 24.6. The molecule has 0 aliphatic heterocycles. The van der Waals surface area contributed by atoms with Crippen molar-refractivity contribution >= 4 is 34.9 Å². The van der Waals surface area contributed by atoms with E-state index < -0.39 is 35.8 Å². The Hall–Kier alpha value is -4.33. The Morgan fingerprint density at radius 1 is 1.02 bits per heavy atom. The summed E-state index contributed by atoms with van der Waals surface area (Å²) < 4.78 is 11.3. The van der Waals surface area contributed by atoms with Gasteiger partial charge < -0.3 is 24.9 Å². The first-order valence-electron chi connectivity index (χ1n) is 14.1. The van der Waals surface area contributed by atoms with Crippen molar-refractivity contribution in [3.05, 3.63) is 101 Å². The molecule has 0 aliphatic carbocycles. The molecule has 10 heteroatoms. The fraction of sp³-hybridized carbons (Fsp3) is 0.333. The Kier molecular flexibility index (Phi) is 10.8. The highest BCUT2D eigenvalue weighted by molar-refractivity contribution is 7.98. The van der Waals surface area contributed by atoms with Gasteiger partial charge in [-0.1, -0.05) is 60.7 Å². The number of amides is 2. The number of ether oxygens (including phenoxy) is 1. The lowest BCUT2D eigenvalue weighted by Gasteiger charge is -2.27. The first kappa shape index (κ1) is 31.6. The summed E-state index contributed by atoms with van der Waals surface area (Å²) in [4.78, 5) is 30.9. The maximum absolute atomic E-state index is 13.7. The number of para-hydroxylation sites is 2. The number of hydrogen-bond donors (Lipinski definition) is 3. The molecule has 0 radical (unpaired) electrons. The molecule has 0 spiro atoms. The third kappa shape index (κ3) is 9.33. The zero-order valence-corrected chi connectivity index (χ0v) is 25.3. The molecule has 2 amide bonds. The second-order valence-corrected chi connectivity index (χ2v) is 12.1. The van der Waals surface area contributed by atoms with E-state index >= 15 is 0 Å². The van der Waals surface area contributed by atoms with Crippen molar-refractivity contribution in [2.45, 2.75) is 63.2 Å². The molecule has 1 aromatic heterocycles. The minimum atomic E-state index is -1.24. The molecule has 3 atom stereocenters. The third-order valence-electron chi connectivity index (χ3n) is 6.55. The number of nitrogens with one attached hydrogen (secondary N) is 2. The van der Waals surface area contributed by atoms with Crippen LogP contribution in [0.25, 0.3) is 11.1 Å². The molecule has 0 fully saturated rings. The van der Waals surface area contributed by atoms with Crippen LogP contribution in [0.3, 0.4) is 0 Å². The van der Waals surface area contributed by atoms with E-state index in [-0.39, 0.29) is 11.6 Å². The highest BCUT2D eigenvalue weighted by Gasteiger charge is 2.31. The molecular weight excluding hydrogens is 564 g/mol. The molecule has 3 unspecified atom stereocenters. The Balaban J connectivity index is 1.53. The van der Waals surface area contributed by atoms with E-state index in [0.29, 0.717) is 35.3 Å². The summed E-state index contributed by atoms with van der Waals surface area (Å²) in [7, 11) is 0. The number of thioether (sulfide) groups is 1. The van der Waals surface area contributed by atoms with Crippen molar-refractivity contribution in [2.24, 2.45) is 0 Å². The summed E-state index contributed by atoms with van der Waals surface area (Å²) >= 11 is 1.40. The average Bonchev–Trinajstić information content (AvgIpc) is 3.42. The Morgan fingerprint density at radius 3 is 2.44 bits per heavy atom. The van der Waals surface area contributed by atoms with E-state index in [1.807, 2.05) is 54.6 Å². The number of carbonyl (C=O) groups is 2. The summed E-state index contributed by atoms with van der Waals surface area (Å²) in [6.07, 6.45) is -1.01. The van der Waals surface area contributed by atoms with E-state index in [4.69, 9.17) is 9.15 Å². The van der Waals surface area contributed by atoms with Crippen LogP contribution >= 0.6 is 11.8 Å². The van der Waals surface area contributed by atoms with Gasteiger partial charge in [-0.05, 0) is 62.9 Å². The monoisotopic (exact) mass is 600 g/mol. The fourth-order valence-corrected chi connectivity index (χ4v) is 5.48. The minimum Gasteiger partial charge on any atom is -0.444 e. The Morgan fingerprint density at radius 2 is 1.72 bits per heavy atom. The fourth-order valence-electron chi connectivity index (χ4n) is 4.42. The highest BCUT2D eigenvalue weighted by atomic mass is 32.2. The standard InChI is InChI=1S/C33H36N4O5S/c1-33(2,3)42-32(40)37-27(21-43-20-24-14-8-7-13-23(24)19-34)30(39)35-26(18-17-22-11-5-4-6-12-22)29(38)31-36-25-15-9-10-16-28(25)41-31/h4-16,26-27,29,38H,17-18,20-21H2,1-3H3,(H,35,39)(H,37,40). The van der Waals surface area contributed by atoms with Crippen LogP contribution in [-0.2, 0) is 21.7 Å². The number of aliphatic hydroxyl groups excluding tert-OH is 1. The van der Waals surface area contributed by atoms with E-state index in [1.54, 1.807) is 45.0 Å². The molecular formula is C33H36N4O5S. The van der Waals surface area contributed by atoms with Crippen LogP contribution < -0.4 is 10.6 Å². The van der Waals surface area contributed by atoms with Crippen molar-refractivity contribution in [3.63, 3.8) is 0 Å². The van der Waals surface area contributed by atoms with Crippen LogP contribution in [0.2, 0.25) is 0 Å². The van der Waals surface area contributed by atoms with Crippen molar-refractivity contribution < 1.29 is 23.8 Å². The van der Waals surface area contributed by atoms with Crippen molar-refractivity contribution in [3.8, 4) is 6.07 Å². The quantitative estimate of drug-likeness (QED) is 0.189. The number of alkyl carbamates (subject to hydrolysis) is 1. The lowest BCUT2D eigenvalue weighted by molar-refractivity contribution is -0.124. The molecule has 1 heterocycles. The van der Waals surface area contributed by atoms with Crippen LogP contribution in [0.1, 0.15) is 55.9 Å². The minimum absolute atomic E-state index is 0.0960. The predicted molar refractivity (Wildman–Crippen MR) is 166 cm³/mol. The average molecular weight is 601 g/mol. The summed E-state index contributed by atoms with van der Waals surface area (Å²) in [6.45, 7) is 5.22. The van der Waals surface area contributed by atoms with E-state index in [1.165, 1.54) is 11.8 Å². The zero-order valence-electron chi connectivity index (χ0n) is 24.4. The van der Waals surface area contributed by atoms with Gasteiger partial charge in [-0.15, -0.1) is 0 Å². The molecule has 43 heavy (non-hydrogen) atoms. The van der Waals surface area contributed by atoms with E-state index in [0.717, 1.165) is 11.1 Å². The predicted octanol–water partition coefficient (Wildman–Crippen LogP) is 5.68. The number of aryl methyl sites for hydroxylation is 1. The second kappa shape index (κ2) is 14.7. The van der Waals surface area contributed by atoms with Crippen LogP contribution in [0.15, 0.2) is 83.3 Å². The summed E-state index contributed by atoms with van der Waals surface area (Å²) in [5.74, 6) is 0.278. The topological polar surface area (TPSA) is 137 Å². The largest absolute Gasteiger partial charge is 0.444 e. The number of rotatable bonds is 12. The van der Waals surface area contributed by atoms with Gasteiger partial charge in [0.25, 0.3) is 0 Å². The van der Waals surface area contributed by atoms with Gasteiger partial charge in [0, 0.05) is 11.5 Å². The molecule has 9 nitrogen and oxygen atoms in total. The highest BCUT2D eigenvalue weighted by Crippen LogP contribution is 2.25. The van der Waals surface area contributed by atoms with Crippen LogP contribution in [-0.4, -0.2) is 45.5 Å². The van der Waals surface area contributed by atoms with Gasteiger partial charge in [0.1, 0.15) is 17.2 Å².